The standard InChI is InChI=1S/C9H13N3O/c1-10-9(13)7-4-5-11-8(6-7)12(2)3/h4-6H,1-3H3,(H,10,13). The lowest BCUT2D eigenvalue weighted by atomic mass is 10.2. The quantitative estimate of drug-likeness (QED) is 0.719. The van der Waals surface area contributed by atoms with Crippen molar-refractivity contribution in [1.82, 2.24) is 10.3 Å². The SMILES string of the molecule is CNC(=O)c1ccnc(N(C)C)c1. The normalized spacial score (nSPS) is 9.46. The zero-order valence-electron chi connectivity index (χ0n) is 8.03. The van der Waals surface area contributed by atoms with Crippen LogP contribution in [0.1, 0.15) is 10.4 Å². The first kappa shape index (κ1) is 9.51. The first-order valence-electron chi connectivity index (χ1n) is 4.00. The number of nitrogens with zero attached hydrogens (tertiary/aromatic N) is 2. The Kier molecular flexibility index (Phi) is 2.84. The van der Waals surface area contributed by atoms with Gasteiger partial charge in [-0.2, -0.15) is 0 Å². The first-order valence-corrected chi connectivity index (χ1v) is 4.00. The molecule has 0 saturated carbocycles. The summed E-state index contributed by atoms with van der Waals surface area (Å²) >= 11 is 0. The van der Waals surface area contributed by atoms with Crippen molar-refractivity contribution in [2.45, 2.75) is 0 Å². The van der Waals surface area contributed by atoms with Crippen LogP contribution in [0, 0.1) is 0 Å². The number of hydrogen-bond donors (Lipinski definition) is 1. The summed E-state index contributed by atoms with van der Waals surface area (Å²) in [6.07, 6.45) is 1.62. The Morgan fingerprint density at radius 1 is 1.54 bits per heavy atom. The van der Waals surface area contributed by atoms with E-state index in [0.29, 0.717) is 5.56 Å². The molecule has 1 rings (SSSR count). The molecule has 1 amide bonds. The highest BCUT2D eigenvalue weighted by Crippen LogP contribution is 2.08. The molecule has 0 fully saturated rings. The van der Waals surface area contributed by atoms with E-state index in [2.05, 4.69) is 10.3 Å². The van der Waals surface area contributed by atoms with Crippen molar-refractivity contribution in [3.05, 3.63) is 23.9 Å². The van der Waals surface area contributed by atoms with Crippen LogP contribution in [0.5, 0.6) is 0 Å². The van der Waals surface area contributed by atoms with E-state index >= 15 is 0 Å². The first-order chi connectivity index (χ1) is 6.15. The second-order valence-electron chi connectivity index (χ2n) is 2.88. The minimum atomic E-state index is -0.0921. The molecule has 4 heteroatoms. The molecule has 0 saturated heterocycles. The molecule has 0 bridgehead atoms. The molecule has 1 heterocycles. The van der Waals surface area contributed by atoms with Crippen LogP contribution < -0.4 is 10.2 Å². The van der Waals surface area contributed by atoms with E-state index in [9.17, 15) is 4.79 Å². The van der Waals surface area contributed by atoms with Crippen LogP contribution in [0.4, 0.5) is 5.82 Å². The van der Waals surface area contributed by atoms with Crippen LogP contribution in [-0.4, -0.2) is 32.0 Å². The van der Waals surface area contributed by atoms with Crippen LogP contribution in [0.15, 0.2) is 18.3 Å². The molecular weight excluding hydrogens is 166 g/mol. The fourth-order valence-corrected chi connectivity index (χ4v) is 0.949. The molecule has 1 aromatic rings. The zero-order valence-corrected chi connectivity index (χ0v) is 8.03. The van der Waals surface area contributed by atoms with Gasteiger partial charge >= 0.3 is 0 Å². The molecule has 0 aliphatic rings. The van der Waals surface area contributed by atoms with Crippen LogP contribution >= 0.6 is 0 Å². The van der Waals surface area contributed by atoms with E-state index < -0.39 is 0 Å². The molecule has 4 nitrogen and oxygen atoms in total. The van der Waals surface area contributed by atoms with Gasteiger partial charge in [0.25, 0.3) is 5.91 Å². The number of nitrogens with one attached hydrogen (secondary N) is 1. The number of carbonyl (C=O) groups excluding carboxylic acids is 1. The van der Waals surface area contributed by atoms with Gasteiger partial charge in [0.05, 0.1) is 0 Å². The van der Waals surface area contributed by atoms with Gasteiger partial charge in [-0.1, -0.05) is 0 Å². The average molecular weight is 179 g/mol. The van der Waals surface area contributed by atoms with E-state index in [1.165, 1.54) is 0 Å². The topological polar surface area (TPSA) is 45.2 Å². The molecular formula is C9H13N3O. The summed E-state index contributed by atoms with van der Waals surface area (Å²) in [7, 11) is 5.38. The number of anilines is 1. The van der Waals surface area contributed by atoms with E-state index in [4.69, 9.17) is 0 Å². The van der Waals surface area contributed by atoms with Crippen LogP contribution in [0.3, 0.4) is 0 Å². The average Bonchev–Trinajstić information content (AvgIpc) is 2.17. The van der Waals surface area contributed by atoms with Gasteiger partial charge in [-0.15, -0.1) is 0 Å². The van der Waals surface area contributed by atoms with Crippen molar-refractivity contribution < 1.29 is 4.79 Å². The minimum absolute atomic E-state index is 0.0921. The summed E-state index contributed by atoms with van der Waals surface area (Å²) in [5.74, 6) is 0.687. The van der Waals surface area contributed by atoms with Gasteiger partial charge in [0.15, 0.2) is 0 Å². The smallest absolute Gasteiger partial charge is 0.251 e. The Morgan fingerprint density at radius 2 is 2.23 bits per heavy atom. The second kappa shape index (κ2) is 3.89. The molecule has 1 aromatic heterocycles. The van der Waals surface area contributed by atoms with Gasteiger partial charge in [0.1, 0.15) is 5.82 Å². The number of rotatable bonds is 2. The summed E-state index contributed by atoms with van der Waals surface area (Å²) in [6, 6.07) is 3.44. The lowest BCUT2D eigenvalue weighted by molar-refractivity contribution is 0.0963. The van der Waals surface area contributed by atoms with Crippen molar-refractivity contribution in [3.63, 3.8) is 0 Å². The monoisotopic (exact) mass is 179 g/mol. The molecule has 0 unspecified atom stereocenters. The Morgan fingerprint density at radius 3 is 2.77 bits per heavy atom. The van der Waals surface area contributed by atoms with Crippen molar-refractivity contribution in [1.29, 1.82) is 0 Å². The third-order valence-electron chi connectivity index (χ3n) is 1.69. The number of carbonyl (C=O) groups is 1. The van der Waals surface area contributed by atoms with Crippen LogP contribution in [-0.2, 0) is 0 Å². The van der Waals surface area contributed by atoms with Gasteiger partial charge in [-0.25, -0.2) is 4.98 Å². The fourth-order valence-electron chi connectivity index (χ4n) is 0.949. The molecule has 0 atom stereocenters. The maximum absolute atomic E-state index is 11.2. The molecule has 0 spiro atoms. The predicted molar refractivity (Wildman–Crippen MR) is 52.0 cm³/mol. The van der Waals surface area contributed by atoms with Crippen molar-refractivity contribution >= 4 is 11.7 Å². The second-order valence-corrected chi connectivity index (χ2v) is 2.88. The fraction of sp³-hybridized carbons (Fsp3) is 0.333. The van der Waals surface area contributed by atoms with Crippen LogP contribution in [0.25, 0.3) is 0 Å². The third-order valence-corrected chi connectivity index (χ3v) is 1.69. The summed E-state index contributed by atoms with van der Waals surface area (Å²) in [5, 5.41) is 2.56. The highest BCUT2D eigenvalue weighted by atomic mass is 16.1. The lowest BCUT2D eigenvalue weighted by Gasteiger charge is -2.11. The largest absolute Gasteiger partial charge is 0.363 e. The highest BCUT2D eigenvalue weighted by molar-refractivity contribution is 5.94. The molecule has 70 valence electrons. The van der Waals surface area contributed by atoms with Crippen molar-refractivity contribution in [2.75, 3.05) is 26.0 Å². The van der Waals surface area contributed by atoms with E-state index in [-0.39, 0.29) is 5.91 Å². The summed E-state index contributed by atoms with van der Waals surface area (Å²) in [5.41, 5.74) is 0.626. The lowest BCUT2D eigenvalue weighted by Crippen LogP contribution is -2.19. The van der Waals surface area contributed by atoms with Gasteiger partial charge in [-0.05, 0) is 12.1 Å². The Hall–Kier alpha value is -1.58. The van der Waals surface area contributed by atoms with Crippen molar-refractivity contribution in [2.24, 2.45) is 0 Å². The molecule has 1 N–H and O–H groups in total. The molecule has 0 aliphatic carbocycles. The Bertz CT molecular complexity index is 309. The van der Waals surface area contributed by atoms with E-state index in [1.807, 2.05) is 19.0 Å². The van der Waals surface area contributed by atoms with Gasteiger partial charge in [-0.3, -0.25) is 4.79 Å². The van der Waals surface area contributed by atoms with Crippen LogP contribution in [0.2, 0.25) is 0 Å². The minimum Gasteiger partial charge on any atom is -0.363 e. The van der Waals surface area contributed by atoms with E-state index in [1.54, 1.807) is 25.4 Å². The van der Waals surface area contributed by atoms with Crippen molar-refractivity contribution in [3.8, 4) is 0 Å². The molecule has 0 aliphatic heterocycles. The maximum Gasteiger partial charge on any atom is 0.251 e. The van der Waals surface area contributed by atoms with E-state index in [0.717, 1.165) is 5.82 Å². The van der Waals surface area contributed by atoms with Gasteiger partial charge in [0, 0.05) is 32.9 Å². The number of amides is 1. The zero-order chi connectivity index (χ0) is 9.84. The Labute approximate surface area is 77.6 Å². The Balaban J connectivity index is 2.98. The highest BCUT2D eigenvalue weighted by Gasteiger charge is 2.04. The molecule has 13 heavy (non-hydrogen) atoms. The predicted octanol–water partition coefficient (Wildman–Crippen LogP) is 0.507. The van der Waals surface area contributed by atoms with Gasteiger partial charge in [0.2, 0.25) is 0 Å². The maximum atomic E-state index is 11.2. The number of hydrogen-bond acceptors (Lipinski definition) is 3. The summed E-state index contributed by atoms with van der Waals surface area (Å²) < 4.78 is 0. The molecule has 0 aromatic carbocycles. The summed E-state index contributed by atoms with van der Waals surface area (Å²) in [6.45, 7) is 0. The van der Waals surface area contributed by atoms with Gasteiger partial charge < -0.3 is 10.2 Å². The number of aromatic nitrogens is 1. The number of pyridine rings is 1. The molecule has 0 radical (unpaired) electrons. The summed E-state index contributed by atoms with van der Waals surface area (Å²) in [4.78, 5) is 17.2. The third kappa shape index (κ3) is 2.18.